The number of hydrogen-bond acceptors (Lipinski definition) is 4. The fourth-order valence-corrected chi connectivity index (χ4v) is 3.33. The molecule has 0 aliphatic carbocycles. The standard InChI is InChI=1S/C19H15BrFN5O/c1-11-16(18(27)25-15-8-6-14(21)7-9-15)17(12-2-4-13(20)5-3-12)26-19(24-11)22-10-23-26/h2-10,17H,1H3,(H,25,27)(H,22,23,24)/t17-/m1/s1. The van der Waals surface area contributed by atoms with Gasteiger partial charge in [-0.1, -0.05) is 28.1 Å². The molecule has 1 aliphatic rings. The highest BCUT2D eigenvalue weighted by molar-refractivity contribution is 9.10. The molecule has 3 aromatic rings. The van der Waals surface area contributed by atoms with Crippen molar-refractivity contribution < 1.29 is 9.18 Å². The molecule has 1 amide bonds. The molecule has 0 radical (unpaired) electrons. The Morgan fingerprint density at radius 1 is 1.19 bits per heavy atom. The zero-order chi connectivity index (χ0) is 19.0. The summed E-state index contributed by atoms with van der Waals surface area (Å²) in [4.78, 5) is 17.3. The first-order valence-electron chi connectivity index (χ1n) is 8.22. The van der Waals surface area contributed by atoms with Gasteiger partial charge in [-0.2, -0.15) is 10.1 Å². The SMILES string of the molecule is CC1=C(C(=O)Nc2ccc(F)cc2)[C@@H](c2ccc(Br)cc2)n2ncnc2N1. The number of nitrogens with zero attached hydrogens (tertiary/aromatic N) is 3. The van der Waals surface area contributed by atoms with Crippen LogP contribution in [-0.4, -0.2) is 20.7 Å². The minimum Gasteiger partial charge on any atom is -0.328 e. The molecule has 0 unspecified atom stereocenters. The van der Waals surface area contributed by atoms with Crippen LogP contribution in [0, 0.1) is 5.82 Å². The maximum Gasteiger partial charge on any atom is 0.255 e. The van der Waals surface area contributed by atoms with Gasteiger partial charge in [-0.15, -0.1) is 0 Å². The maximum atomic E-state index is 13.1. The molecule has 2 heterocycles. The Hall–Kier alpha value is -3.00. The number of nitrogens with one attached hydrogen (secondary N) is 2. The van der Waals surface area contributed by atoms with Crippen molar-refractivity contribution in [2.75, 3.05) is 10.6 Å². The summed E-state index contributed by atoms with van der Waals surface area (Å²) in [5, 5.41) is 10.2. The molecular weight excluding hydrogens is 413 g/mol. The van der Waals surface area contributed by atoms with Gasteiger partial charge in [0.1, 0.15) is 18.2 Å². The number of carbonyl (C=O) groups is 1. The molecule has 0 saturated carbocycles. The fraction of sp³-hybridized carbons (Fsp3) is 0.105. The van der Waals surface area contributed by atoms with Gasteiger partial charge in [0.05, 0.1) is 5.57 Å². The van der Waals surface area contributed by atoms with Crippen LogP contribution < -0.4 is 10.6 Å². The van der Waals surface area contributed by atoms with Crippen molar-refractivity contribution in [2.45, 2.75) is 13.0 Å². The highest BCUT2D eigenvalue weighted by Gasteiger charge is 2.33. The molecule has 136 valence electrons. The summed E-state index contributed by atoms with van der Waals surface area (Å²) in [6.45, 7) is 1.82. The summed E-state index contributed by atoms with van der Waals surface area (Å²) in [5.41, 5.74) is 2.61. The first-order valence-corrected chi connectivity index (χ1v) is 9.02. The van der Waals surface area contributed by atoms with E-state index in [2.05, 4.69) is 36.6 Å². The van der Waals surface area contributed by atoms with Crippen LogP contribution in [0.4, 0.5) is 16.0 Å². The van der Waals surface area contributed by atoms with Gasteiger partial charge in [0, 0.05) is 15.9 Å². The summed E-state index contributed by atoms with van der Waals surface area (Å²) in [5.74, 6) is -0.0813. The van der Waals surface area contributed by atoms with E-state index < -0.39 is 6.04 Å². The first kappa shape index (κ1) is 17.4. The zero-order valence-electron chi connectivity index (χ0n) is 14.3. The average molecular weight is 428 g/mol. The fourth-order valence-electron chi connectivity index (χ4n) is 3.07. The third-order valence-corrected chi connectivity index (χ3v) is 4.86. The molecule has 8 heteroatoms. The van der Waals surface area contributed by atoms with Crippen molar-refractivity contribution in [3.63, 3.8) is 0 Å². The molecule has 6 nitrogen and oxygen atoms in total. The Morgan fingerprint density at radius 2 is 1.89 bits per heavy atom. The molecule has 27 heavy (non-hydrogen) atoms. The molecule has 2 aromatic carbocycles. The van der Waals surface area contributed by atoms with Gasteiger partial charge in [-0.05, 0) is 48.9 Å². The van der Waals surface area contributed by atoms with E-state index in [0.717, 1.165) is 10.0 Å². The van der Waals surface area contributed by atoms with Crippen molar-refractivity contribution in [1.29, 1.82) is 0 Å². The number of anilines is 2. The number of allylic oxidation sites excluding steroid dienone is 1. The van der Waals surface area contributed by atoms with Crippen LogP contribution in [0.25, 0.3) is 0 Å². The van der Waals surface area contributed by atoms with Crippen molar-refractivity contribution in [1.82, 2.24) is 14.8 Å². The van der Waals surface area contributed by atoms with Crippen molar-refractivity contribution in [2.24, 2.45) is 0 Å². The largest absolute Gasteiger partial charge is 0.328 e. The average Bonchev–Trinajstić information content (AvgIpc) is 3.11. The second kappa shape index (κ2) is 6.96. The third-order valence-electron chi connectivity index (χ3n) is 4.33. The number of rotatable bonds is 3. The number of aromatic nitrogens is 3. The number of halogens is 2. The summed E-state index contributed by atoms with van der Waals surface area (Å²) in [6.07, 6.45) is 1.45. The Balaban J connectivity index is 1.74. The van der Waals surface area contributed by atoms with Crippen LogP contribution in [-0.2, 0) is 4.79 Å². The van der Waals surface area contributed by atoms with Gasteiger partial charge in [0.25, 0.3) is 5.91 Å². The lowest BCUT2D eigenvalue weighted by Gasteiger charge is -2.28. The number of hydrogen-bond donors (Lipinski definition) is 2. The van der Waals surface area contributed by atoms with E-state index in [1.54, 1.807) is 4.68 Å². The van der Waals surface area contributed by atoms with E-state index in [-0.39, 0.29) is 11.7 Å². The van der Waals surface area contributed by atoms with Crippen LogP contribution in [0.15, 0.2) is 70.6 Å². The van der Waals surface area contributed by atoms with Crippen molar-refractivity contribution >= 4 is 33.5 Å². The van der Waals surface area contributed by atoms with E-state index in [0.29, 0.717) is 22.9 Å². The molecule has 1 aromatic heterocycles. The molecule has 4 rings (SSSR count). The quantitative estimate of drug-likeness (QED) is 0.659. The van der Waals surface area contributed by atoms with E-state index in [1.165, 1.54) is 30.6 Å². The normalized spacial score (nSPS) is 15.9. The smallest absolute Gasteiger partial charge is 0.255 e. The predicted molar refractivity (Wildman–Crippen MR) is 104 cm³/mol. The highest BCUT2D eigenvalue weighted by Crippen LogP contribution is 2.35. The number of fused-ring (bicyclic) bond motifs is 1. The van der Waals surface area contributed by atoms with Crippen LogP contribution in [0.1, 0.15) is 18.5 Å². The molecular formula is C19H15BrFN5O. The molecule has 0 fully saturated rings. The molecule has 2 N–H and O–H groups in total. The van der Waals surface area contributed by atoms with Crippen LogP contribution in [0.5, 0.6) is 0 Å². The highest BCUT2D eigenvalue weighted by atomic mass is 79.9. The zero-order valence-corrected chi connectivity index (χ0v) is 15.9. The van der Waals surface area contributed by atoms with Crippen molar-refractivity contribution in [3.05, 3.63) is 82.0 Å². The monoisotopic (exact) mass is 427 g/mol. The van der Waals surface area contributed by atoms with Gasteiger partial charge in [-0.25, -0.2) is 9.07 Å². The molecule has 0 spiro atoms. The van der Waals surface area contributed by atoms with Crippen LogP contribution >= 0.6 is 15.9 Å². The van der Waals surface area contributed by atoms with Gasteiger partial charge in [0.2, 0.25) is 5.95 Å². The van der Waals surface area contributed by atoms with Crippen LogP contribution in [0.2, 0.25) is 0 Å². The molecule has 1 aliphatic heterocycles. The Morgan fingerprint density at radius 3 is 2.59 bits per heavy atom. The van der Waals surface area contributed by atoms with Gasteiger partial charge >= 0.3 is 0 Å². The Bertz CT molecular complexity index is 1030. The van der Waals surface area contributed by atoms with Gasteiger partial charge < -0.3 is 10.6 Å². The number of benzene rings is 2. The minimum atomic E-state index is -0.433. The van der Waals surface area contributed by atoms with E-state index in [4.69, 9.17) is 0 Å². The van der Waals surface area contributed by atoms with Crippen LogP contribution in [0.3, 0.4) is 0 Å². The lowest BCUT2D eigenvalue weighted by atomic mass is 9.95. The van der Waals surface area contributed by atoms with E-state index in [9.17, 15) is 9.18 Å². The Labute approximate surface area is 163 Å². The third kappa shape index (κ3) is 3.35. The summed E-state index contributed by atoms with van der Waals surface area (Å²) in [6, 6.07) is 12.9. The second-order valence-electron chi connectivity index (χ2n) is 6.11. The lowest BCUT2D eigenvalue weighted by molar-refractivity contribution is -0.113. The number of amides is 1. The summed E-state index contributed by atoms with van der Waals surface area (Å²) in [7, 11) is 0. The van der Waals surface area contributed by atoms with Gasteiger partial charge in [-0.3, -0.25) is 4.79 Å². The topological polar surface area (TPSA) is 71.8 Å². The lowest BCUT2D eigenvalue weighted by Crippen LogP contribution is -2.31. The second-order valence-corrected chi connectivity index (χ2v) is 7.02. The molecule has 0 bridgehead atoms. The first-order chi connectivity index (χ1) is 13.0. The van der Waals surface area contributed by atoms with E-state index in [1.807, 2.05) is 31.2 Å². The summed E-state index contributed by atoms with van der Waals surface area (Å²) >= 11 is 3.43. The van der Waals surface area contributed by atoms with E-state index >= 15 is 0 Å². The molecule has 1 atom stereocenters. The predicted octanol–water partition coefficient (Wildman–Crippen LogP) is 4.11. The Kier molecular flexibility index (Phi) is 4.49. The minimum absolute atomic E-state index is 0.291. The van der Waals surface area contributed by atoms with Gasteiger partial charge in [0.15, 0.2) is 0 Å². The summed E-state index contributed by atoms with van der Waals surface area (Å²) < 4.78 is 15.8. The molecule has 0 saturated heterocycles. The van der Waals surface area contributed by atoms with Crippen molar-refractivity contribution in [3.8, 4) is 0 Å². The number of carbonyl (C=O) groups excluding carboxylic acids is 1. The maximum absolute atomic E-state index is 13.1.